The molecule has 2 nitrogen and oxygen atoms in total. The summed E-state index contributed by atoms with van der Waals surface area (Å²) < 4.78 is 0. The number of hydrogen-bond acceptors (Lipinski definition) is 1. The van der Waals surface area contributed by atoms with Gasteiger partial charge in [-0.25, -0.2) is 0 Å². The predicted octanol–water partition coefficient (Wildman–Crippen LogP) is 1.76. The summed E-state index contributed by atoms with van der Waals surface area (Å²) in [5.41, 5.74) is 3.74. The molecule has 0 amide bonds. The van der Waals surface area contributed by atoms with E-state index >= 15 is 0 Å². The Labute approximate surface area is 76.2 Å². The van der Waals surface area contributed by atoms with Crippen molar-refractivity contribution in [3.05, 3.63) is 35.2 Å². The van der Waals surface area contributed by atoms with Crippen molar-refractivity contribution in [1.82, 2.24) is 4.98 Å². The summed E-state index contributed by atoms with van der Waals surface area (Å²) in [6, 6.07) is 4.37. The second-order valence-corrected chi connectivity index (χ2v) is 3.60. The summed E-state index contributed by atoms with van der Waals surface area (Å²) >= 11 is 0. The van der Waals surface area contributed by atoms with Crippen molar-refractivity contribution in [3.8, 4) is 0 Å². The number of aliphatic hydroxyl groups is 1. The van der Waals surface area contributed by atoms with Crippen LogP contribution < -0.4 is 0 Å². The zero-order valence-corrected chi connectivity index (χ0v) is 7.30. The van der Waals surface area contributed by atoms with Gasteiger partial charge in [0.1, 0.15) is 0 Å². The third-order valence-electron chi connectivity index (χ3n) is 2.94. The molecular weight excluding hydrogens is 162 g/mol. The molecule has 1 heterocycles. The first-order valence-corrected chi connectivity index (χ1v) is 4.61. The molecule has 0 unspecified atom stereocenters. The van der Waals surface area contributed by atoms with Gasteiger partial charge in [-0.15, -0.1) is 0 Å². The number of H-pyrrole nitrogens is 1. The third-order valence-corrected chi connectivity index (χ3v) is 2.94. The maximum Gasteiger partial charge on any atom is 0.0837 e. The second-order valence-electron chi connectivity index (χ2n) is 3.60. The number of aromatic nitrogens is 1. The Bertz CT molecular complexity index is 470. The molecule has 0 aliphatic heterocycles. The standard InChI is InChI=1S/C11H11NO/c13-6-10-11-8-3-1-7(2-4-8)9(11)5-12-10/h1,3,5,12-13H,2,4,6H2. The van der Waals surface area contributed by atoms with E-state index in [0.717, 1.165) is 18.5 Å². The molecule has 13 heavy (non-hydrogen) atoms. The van der Waals surface area contributed by atoms with Gasteiger partial charge in [0.05, 0.1) is 6.61 Å². The Morgan fingerprint density at radius 1 is 1.23 bits per heavy atom. The van der Waals surface area contributed by atoms with Crippen molar-refractivity contribution in [2.24, 2.45) is 0 Å². The van der Waals surface area contributed by atoms with Crippen LogP contribution in [0.1, 0.15) is 16.8 Å². The smallest absolute Gasteiger partial charge is 0.0837 e. The molecular formula is C11H11NO. The van der Waals surface area contributed by atoms with Gasteiger partial charge in [0, 0.05) is 22.7 Å². The lowest BCUT2D eigenvalue weighted by Crippen LogP contribution is -2.01. The van der Waals surface area contributed by atoms with Crippen molar-refractivity contribution in [3.63, 3.8) is 0 Å². The van der Waals surface area contributed by atoms with Gasteiger partial charge in [0.25, 0.3) is 0 Å². The molecule has 0 radical (unpaired) electrons. The highest BCUT2D eigenvalue weighted by Gasteiger charge is 2.16. The van der Waals surface area contributed by atoms with Crippen molar-refractivity contribution >= 4 is 10.8 Å². The van der Waals surface area contributed by atoms with Gasteiger partial charge in [0.2, 0.25) is 0 Å². The number of rotatable bonds is 1. The molecule has 2 bridgehead atoms. The number of aryl methyl sites for hydroxylation is 2. The fourth-order valence-electron chi connectivity index (χ4n) is 2.28. The number of nitrogens with one attached hydrogen (secondary N) is 1. The van der Waals surface area contributed by atoms with Gasteiger partial charge in [-0.2, -0.15) is 0 Å². The molecule has 0 saturated heterocycles. The van der Waals surface area contributed by atoms with E-state index < -0.39 is 0 Å². The van der Waals surface area contributed by atoms with Crippen molar-refractivity contribution < 1.29 is 5.11 Å². The largest absolute Gasteiger partial charge is 0.390 e. The fourth-order valence-corrected chi connectivity index (χ4v) is 2.28. The molecule has 0 atom stereocenters. The molecule has 2 aliphatic rings. The number of aliphatic hydroxyl groups excluding tert-OH is 1. The Balaban J connectivity index is 2.48. The van der Waals surface area contributed by atoms with Crippen LogP contribution in [-0.4, -0.2) is 10.1 Å². The summed E-state index contributed by atoms with van der Waals surface area (Å²) in [7, 11) is 0. The lowest BCUT2D eigenvalue weighted by molar-refractivity contribution is 0.279. The molecule has 66 valence electrons. The van der Waals surface area contributed by atoms with Gasteiger partial charge in [-0.3, -0.25) is 0 Å². The maximum atomic E-state index is 9.13. The monoisotopic (exact) mass is 173 g/mol. The van der Waals surface area contributed by atoms with Crippen molar-refractivity contribution in [1.29, 1.82) is 0 Å². The van der Waals surface area contributed by atoms with Crippen LogP contribution >= 0.6 is 0 Å². The van der Waals surface area contributed by atoms with Crippen LogP contribution in [0.5, 0.6) is 0 Å². The van der Waals surface area contributed by atoms with Crippen LogP contribution in [0.25, 0.3) is 10.8 Å². The minimum absolute atomic E-state index is 0.111. The van der Waals surface area contributed by atoms with Crippen molar-refractivity contribution in [2.75, 3.05) is 0 Å². The minimum Gasteiger partial charge on any atom is -0.390 e. The summed E-state index contributed by atoms with van der Waals surface area (Å²) in [5.74, 6) is 0. The third kappa shape index (κ3) is 0.810. The summed E-state index contributed by atoms with van der Waals surface area (Å²) in [6.45, 7) is 0.111. The summed E-state index contributed by atoms with van der Waals surface area (Å²) in [5, 5.41) is 11.7. The molecule has 4 rings (SSSR count). The minimum atomic E-state index is 0.111. The Morgan fingerprint density at radius 3 is 2.69 bits per heavy atom. The number of benzene rings is 1. The van der Waals surface area contributed by atoms with E-state index in [1.807, 2.05) is 6.20 Å². The molecule has 0 spiro atoms. The number of aromatic amines is 1. The first-order chi connectivity index (χ1) is 6.40. The zero-order valence-electron chi connectivity index (χ0n) is 7.30. The van der Waals surface area contributed by atoms with E-state index in [9.17, 15) is 0 Å². The summed E-state index contributed by atoms with van der Waals surface area (Å²) in [6.07, 6.45) is 4.30. The fraction of sp³-hybridized carbons (Fsp3) is 0.273. The molecule has 1 aromatic carbocycles. The maximum absolute atomic E-state index is 9.13. The van der Waals surface area contributed by atoms with Crippen LogP contribution in [-0.2, 0) is 19.4 Å². The highest BCUT2D eigenvalue weighted by atomic mass is 16.3. The van der Waals surface area contributed by atoms with Crippen LogP contribution in [0.3, 0.4) is 0 Å². The van der Waals surface area contributed by atoms with E-state index in [1.165, 1.54) is 21.9 Å². The van der Waals surface area contributed by atoms with E-state index in [-0.39, 0.29) is 6.61 Å². The highest BCUT2D eigenvalue weighted by molar-refractivity contribution is 5.92. The number of fused-ring (bicyclic) bond motifs is 2. The Kier molecular flexibility index (Phi) is 1.30. The average Bonchev–Trinajstić information content (AvgIpc) is 2.64. The van der Waals surface area contributed by atoms with E-state index in [1.54, 1.807) is 0 Å². The summed E-state index contributed by atoms with van der Waals surface area (Å²) in [4.78, 5) is 3.14. The van der Waals surface area contributed by atoms with Gasteiger partial charge in [0.15, 0.2) is 0 Å². The molecule has 2 N–H and O–H groups in total. The Hall–Kier alpha value is -1.28. The molecule has 2 heteroatoms. The van der Waals surface area contributed by atoms with E-state index in [0.29, 0.717) is 0 Å². The lowest BCUT2D eigenvalue weighted by atomic mass is 9.89. The molecule has 2 aliphatic carbocycles. The first kappa shape index (κ1) is 7.15. The van der Waals surface area contributed by atoms with E-state index in [2.05, 4.69) is 17.1 Å². The molecule has 2 aromatic rings. The van der Waals surface area contributed by atoms with Crippen LogP contribution in [0, 0.1) is 0 Å². The highest BCUT2D eigenvalue weighted by Crippen LogP contribution is 2.32. The van der Waals surface area contributed by atoms with Crippen LogP contribution in [0.2, 0.25) is 0 Å². The van der Waals surface area contributed by atoms with Crippen LogP contribution in [0.4, 0.5) is 0 Å². The lowest BCUT2D eigenvalue weighted by Gasteiger charge is -2.14. The Morgan fingerprint density at radius 2 is 2.00 bits per heavy atom. The predicted molar refractivity (Wildman–Crippen MR) is 51.6 cm³/mol. The van der Waals surface area contributed by atoms with Crippen molar-refractivity contribution in [2.45, 2.75) is 19.4 Å². The number of hydrogen-bond donors (Lipinski definition) is 2. The topological polar surface area (TPSA) is 36.0 Å². The van der Waals surface area contributed by atoms with Crippen LogP contribution in [0.15, 0.2) is 18.3 Å². The molecule has 0 saturated carbocycles. The second kappa shape index (κ2) is 2.36. The van der Waals surface area contributed by atoms with E-state index in [4.69, 9.17) is 5.11 Å². The average molecular weight is 173 g/mol. The molecule has 1 aromatic heterocycles. The van der Waals surface area contributed by atoms with Gasteiger partial charge >= 0.3 is 0 Å². The zero-order chi connectivity index (χ0) is 8.84. The quantitative estimate of drug-likeness (QED) is 0.677. The normalized spacial score (nSPS) is 14.2. The van der Waals surface area contributed by atoms with Gasteiger partial charge < -0.3 is 10.1 Å². The van der Waals surface area contributed by atoms with Gasteiger partial charge in [-0.1, -0.05) is 12.1 Å². The first-order valence-electron chi connectivity index (χ1n) is 4.61. The molecule has 0 fully saturated rings. The van der Waals surface area contributed by atoms with Gasteiger partial charge in [-0.05, 0) is 24.0 Å². The SMILES string of the molecule is OCc1[nH]cc2c3ccc(c12)CC3.